The van der Waals surface area contributed by atoms with E-state index in [-0.39, 0.29) is 10.6 Å². The van der Waals surface area contributed by atoms with E-state index in [0.29, 0.717) is 12.0 Å². The minimum atomic E-state index is -4.53. The lowest BCUT2D eigenvalue weighted by atomic mass is 10.1. The van der Waals surface area contributed by atoms with Gasteiger partial charge in [-0.3, -0.25) is 14.8 Å². The van der Waals surface area contributed by atoms with Crippen molar-refractivity contribution in [3.05, 3.63) is 63.7 Å². The van der Waals surface area contributed by atoms with Crippen LogP contribution in [-0.2, 0) is 22.6 Å². The maximum absolute atomic E-state index is 12.5. The Morgan fingerprint density at radius 2 is 1.72 bits per heavy atom. The molecule has 0 saturated carbocycles. The normalized spacial score (nSPS) is 12.0. The molecule has 0 spiro atoms. The van der Waals surface area contributed by atoms with E-state index in [0.717, 1.165) is 30.3 Å². The van der Waals surface area contributed by atoms with Crippen molar-refractivity contribution in [2.75, 3.05) is 4.72 Å². The third-order valence-electron chi connectivity index (χ3n) is 3.40. The lowest BCUT2D eigenvalue weighted by Crippen LogP contribution is -2.15. The third-order valence-corrected chi connectivity index (χ3v) is 4.86. The highest BCUT2D eigenvalue weighted by Gasteiger charge is 2.30. The summed E-state index contributed by atoms with van der Waals surface area (Å²) < 4.78 is 64.7. The summed E-state index contributed by atoms with van der Waals surface area (Å²) in [6, 6.07) is 6.88. The molecular formula is C15H13F3N2O4S. The molecule has 0 fully saturated rings. The highest BCUT2D eigenvalue weighted by Crippen LogP contribution is 2.30. The Bertz CT molecular complexity index is 894. The van der Waals surface area contributed by atoms with Gasteiger partial charge in [0.25, 0.3) is 15.7 Å². The SMILES string of the molecule is CCc1ccc([N+](=O)[O-])cc1S(=O)(=O)Nc1ccc(C(F)(F)F)cc1. The van der Waals surface area contributed by atoms with Crippen molar-refractivity contribution in [3.63, 3.8) is 0 Å². The summed E-state index contributed by atoms with van der Waals surface area (Å²) >= 11 is 0. The molecule has 134 valence electrons. The predicted octanol–water partition coefficient (Wildman–Crippen LogP) is 3.98. The Kier molecular flexibility index (Phi) is 5.02. The van der Waals surface area contributed by atoms with E-state index in [1.54, 1.807) is 6.92 Å². The fourth-order valence-corrected chi connectivity index (χ4v) is 3.53. The van der Waals surface area contributed by atoms with Crippen LogP contribution in [-0.4, -0.2) is 13.3 Å². The number of benzene rings is 2. The number of nitro benzene ring substituents is 1. The summed E-state index contributed by atoms with van der Waals surface area (Å²) in [6.07, 6.45) is -4.23. The van der Waals surface area contributed by atoms with Crippen LogP contribution in [0, 0.1) is 10.1 Å². The van der Waals surface area contributed by atoms with Crippen molar-refractivity contribution in [3.8, 4) is 0 Å². The maximum atomic E-state index is 12.5. The lowest BCUT2D eigenvalue weighted by Gasteiger charge is -2.12. The second-order valence-electron chi connectivity index (χ2n) is 5.08. The van der Waals surface area contributed by atoms with Crippen LogP contribution >= 0.6 is 0 Å². The number of hydrogen-bond acceptors (Lipinski definition) is 4. The molecule has 0 aliphatic rings. The lowest BCUT2D eigenvalue weighted by molar-refractivity contribution is -0.385. The zero-order chi connectivity index (χ0) is 18.8. The number of nitro groups is 1. The first-order valence-corrected chi connectivity index (χ1v) is 8.50. The van der Waals surface area contributed by atoms with Crippen LogP contribution in [0.3, 0.4) is 0 Å². The molecule has 0 unspecified atom stereocenters. The second-order valence-corrected chi connectivity index (χ2v) is 6.73. The molecule has 0 aliphatic heterocycles. The van der Waals surface area contributed by atoms with E-state index in [9.17, 15) is 31.7 Å². The van der Waals surface area contributed by atoms with Crippen molar-refractivity contribution >= 4 is 21.4 Å². The van der Waals surface area contributed by atoms with E-state index in [4.69, 9.17) is 0 Å². The molecule has 0 atom stereocenters. The first kappa shape index (κ1) is 18.7. The fraction of sp³-hybridized carbons (Fsp3) is 0.200. The molecule has 2 aromatic carbocycles. The number of non-ortho nitro benzene ring substituents is 1. The van der Waals surface area contributed by atoms with Crippen LogP contribution in [0.15, 0.2) is 47.4 Å². The molecule has 1 N–H and O–H groups in total. The first-order valence-electron chi connectivity index (χ1n) is 7.02. The third kappa shape index (κ3) is 4.27. The van der Waals surface area contributed by atoms with E-state index in [2.05, 4.69) is 4.72 Å². The molecular weight excluding hydrogens is 361 g/mol. The van der Waals surface area contributed by atoms with E-state index >= 15 is 0 Å². The minimum absolute atomic E-state index is 0.0819. The Morgan fingerprint density at radius 1 is 1.12 bits per heavy atom. The number of nitrogens with one attached hydrogen (secondary N) is 1. The standard InChI is InChI=1S/C15H13F3N2O4S/c1-2-10-3-8-13(20(21)22)9-14(10)25(23,24)19-12-6-4-11(5-7-12)15(16,17)18/h3-9,19H,2H2,1H3. The number of alkyl halides is 3. The number of anilines is 1. The molecule has 0 aliphatic carbocycles. The zero-order valence-electron chi connectivity index (χ0n) is 12.9. The van der Waals surface area contributed by atoms with Crippen molar-refractivity contribution in [2.45, 2.75) is 24.4 Å². The largest absolute Gasteiger partial charge is 0.416 e. The van der Waals surface area contributed by atoms with Gasteiger partial charge < -0.3 is 0 Å². The molecule has 10 heteroatoms. The molecule has 0 bridgehead atoms. The molecule has 0 heterocycles. The fourth-order valence-electron chi connectivity index (χ4n) is 2.14. The second kappa shape index (κ2) is 6.71. The van der Waals surface area contributed by atoms with Crippen LogP contribution in [0.4, 0.5) is 24.5 Å². The predicted molar refractivity (Wildman–Crippen MR) is 84.7 cm³/mol. The molecule has 6 nitrogen and oxygen atoms in total. The van der Waals surface area contributed by atoms with E-state index in [1.165, 1.54) is 12.1 Å². The van der Waals surface area contributed by atoms with Crippen LogP contribution in [0.2, 0.25) is 0 Å². The average Bonchev–Trinajstić information content (AvgIpc) is 2.53. The van der Waals surface area contributed by atoms with Gasteiger partial charge in [0.2, 0.25) is 0 Å². The van der Waals surface area contributed by atoms with Gasteiger partial charge in [0.15, 0.2) is 0 Å². The van der Waals surface area contributed by atoms with Crippen LogP contribution in [0.25, 0.3) is 0 Å². The molecule has 2 aromatic rings. The number of hydrogen-bond donors (Lipinski definition) is 1. The number of sulfonamides is 1. The summed E-state index contributed by atoms with van der Waals surface area (Å²) in [4.78, 5) is 9.84. The number of nitrogens with zero attached hydrogens (tertiary/aromatic N) is 1. The van der Waals surface area contributed by atoms with Gasteiger partial charge in [-0.15, -0.1) is 0 Å². The van der Waals surface area contributed by atoms with E-state index in [1.807, 2.05) is 0 Å². The quantitative estimate of drug-likeness (QED) is 0.633. The van der Waals surface area contributed by atoms with Crippen molar-refractivity contribution in [1.29, 1.82) is 0 Å². The van der Waals surface area contributed by atoms with E-state index < -0.39 is 32.4 Å². The van der Waals surface area contributed by atoms with Crippen molar-refractivity contribution in [1.82, 2.24) is 0 Å². The topological polar surface area (TPSA) is 89.3 Å². The number of halogens is 3. The molecule has 0 amide bonds. The Labute approximate surface area is 141 Å². The Hall–Kier alpha value is -2.62. The van der Waals surface area contributed by atoms with Crippen molar-refractivity contribution < 1.29 is 26.5 Å². The summed E-state index contributed by atoms with van der Waals surface area (Å²) in [7, 11) is -4.20. The molecule has 0 saturated heterocycles. The molecule has 0 radical (unpaired) electrons. The summed E-state index contributed by atoms with van der Waals surface area (Å²) in [5, 5.41) is 10.9. The number of rotatable bonds is 5. The van der Waals surface area contributed by atoms with Crippen LogP contribution in [0.5, 0.6) is 0 Å². The minimum Gasteiger partial charge on any atom is -0.280 e. The molecule has 2 rings (SSSR count). The zero-order valence-corrected chi connectivity index (χ0v) is 13.7. The highest BCUT2D eigenvalue weighted by atomic mass is 32.2. The first-order chi connectivity index (χ1) is 11.5. The van der Waals surface area contributed by atoms with Gasteiger partial charge in [0, 0.05) is 17.8 Å². The average molecular weight is 374 g/mol. The van der Waals surface area contributed by atoms with Crippen LogP contribution < -0.4 is 4.72 Å². The van der Waals surface area contributed by atoms with Gasteiger partial charge >= 0.3 is 6.18 Å². The van der Waals surface area contributed by atoms with Gasteiger partial charge in [0.05, 0.1) is 15.4 Å². The molecule has 25 heavy (non-hydrogen) atoms. The summed E-state index contributed by atoms with van der Waals surface area (Å²) in [5.41, 5.74) is -1.04. The van der Waals surface area contributed by atoms with Crippen LogP contribution in [0.1, 0.15) is 18.1 Å². The van der Waals surface area contributed by atoms with Crippen molar-refractivity contribution in [2.24, 2.45) is 0 Å². The Balaban J connectivity index is 2.39. The highest BCUT2D eigenvalue weighted by molar-refractivity contribution is 7.92. The summed E-state index contributed by atoms with van der Waals surface area (Å²) in [6.45, 7) is 1.68. The maximum Gasteiger partial charge on any atom is 0.416 e. The number of aryl methyl sites for hydroxylation is 1. The van der Waals surface area contributed by atoms with Gasteiger partial charge in [-0.05, 0) is 36.2 Å². The monoisotopic (exact) mass is 374 g/mol. The Morgan fingerprint density at radius 3 is 2.20 bits per heavy atom. The van der Waals surface area contributed by atoms with Gasteiger partial charge in [-0.25, -0.2) is 8.42 Å². The smallest absolute Gasteiger partial charge is 0.280 e. The molecule has 0 aromatic heterocycles. The van der Waals surface area contributed by atoms with Gasteiger partial charge in [0.1, 0.15) is 0 Å². The summed E-state index contributed by atoms with van der Waals surface area (Å²) in [5.74, 6) is 0. The van der Waals surface area contributed by atoms with Gasteiger partial charge in [-0.2, -0.15) is 13.2 Å². The van der Waals surface area contributed by atoms with Gasteiger partial charge in [-0.1, -0.05) is 13.0 Å².